The molecule has 0 bridgehead atoms. The molecule has 0 aliphatic heterocycles. The predicted octanol–water partition coefficient (Wildman–Crippen LogP) is 3.67. The number of ether oxygens (including phenoxy) is 1. The van der Waals surface area contributed by atoms with Crippen LogP contribution < -0.4 is 5.32 Å². The average Bonchev–Trinajstić information content (AvgIpc) is 3.36. The summed E-state index contributed by atoms with van der Waals surface area (Å²) in [5, 5.41) is 3.00. The van der Waals surface area contributed by atoms with Crippen LogP contribution in [0.15, 0.2) is 65.3 Å². The van der Waals surface area contributed by atoms with Crippen molar-refractivity contribution >= 4 is 11.9 Å². The number of rotatable bonds is 8. The standard InChI is InChI=1S/C22H24N2O4/c1-16(10-11-17-7-4-3-5-8-17)23-21(25)15-24-18(20-9-6-14-28-20)12-13-19(24)22(26)27-2/h3-9,12-14,16H,10-11,15H2,1-2H3,(H,23,25)/t16-/m1/s1. The number of hydrogen-bond donors (Lipinski definition) is 1. The van der Waals surface area contributed by atoms with Crippen molar-refractivity contribution < 1.29 is 18.7 Å². The number of furan rings is 1. The van der Waals surface area contributed by atoms with Gasteiger partial charge in [-0.15, -0.1) is 0 Å². The lowest BCUT2D eigenvalue weighted by Crippen LogP contribution is -2.36. The average molecular weight is 380 g/mol. The van der Waals surface area contributed by atoms with Crippen LogP contribution in [0.3, 0.4) is 0 Å². The maximum Gasteiger partial charge on any atom is 0.354 e. The number of benzene rings is 1. The first kappa shape index (κ1) is 19.5. The van der Waals surface area contributed by atoms with Gasteiger partial charge in [0.1, 0.15) is 18.0 Å². The number of carbonyl (C=O) groups excluding carboxylic acids is 2. The molecule has 0 fully saturated rings. The number of methoxy groups -OCH3 is 1. The molecule has 1 amide bonds. The van der Waals surface area contributed by atoms with E-state index in [4.69, 9.17) is 9.15 Å². The predicted molar refractivity (Wildman–Crippen MR) is 106 cm³/mol. The molecular weight excluding hydrogens is 356 g/mol. The molecule has 1 atom stereocenters. The van der Waals surface area contributed by atoms with Crippen LogP contribution in [0.1, 0.15) is 29.4 Å². The Hall–Kier alpha value is -3.28. The van der Waals surface area contributed by atoms with E-state index in [-0.39, 0.29) is 18.5 Å². The van der Waals surface area contributed by atoms with E-state index < -0.39 is 5.97 Å². The molecule has 146 valence electrons. The van der Waals surface area contributed by atoms with E-state index in [1.54, 1.807) is 35.1 Å². The molecule has 6 heteroatoms. The first-order valence-electron chi connectivity index (χ1n) is 9.23. The number of aromatic nitrogens is 1. The first-order valence-corrected chi connectivity index (χ1v) is 9.23. The van der Waals surface area contributed by atoms with E-state index in [0.29, 0.717) is 17.1 Å². The van der Waals surface area contributed by atoms with Crippen molar-refractivity contribution in [2.24, 2.45) is 0 Å². The van der Waals surface area contributed by atoms with Crippen LogP contribution in [0.4, 0.5) is 0 Å². The zero-order valence-corrected chi connectivity index (χ0v) is 16.1. The Morgan fingerprint density at radius 3 is 2.57 bits per heavy atom. The molecule has 0 aliphatic carbocycles. The quantitative estimate of drug-likeness (QED) is 0.605. The fourth-order valence-electron chi connectivity index (χ4n) is 3.12. The van der Waals surface area contributed by atoms with Crippen LogP contribution in [0.5, 0.6) is 0 Å². The molecule has 28 heavy (non-hydrogen) atoms. The molecule has 0 saturated carbocycles. The van der Waals surface area contributed by atoms with Gasteiger partial charge in [0, 0.05) is 6.04 Å². The van der Waals surface area contributed by atoms with Crippen molar-refractivity contribution in [1.82, 2.24) is 9.88 Å². The Morgan fingerprint density at radius 1 is 1.11 bits per heavy atom. The van der Waals surface area contributed by atoms with Crippen LogP contribution in [0, 0.1) is 0 Å². The molecule has 0 radical (unpaired) electrons. The summed E-state index contributed by atoms with van der Waals surface area (Å²) in [4.78, 5) is 24.7. The Morgan fingerprint density at radius 2 is 1.89 bits per heavy atom. The highest BCUT2D eigenvalue weighted by atomic mass is 16.5. The highest BCUT2D eigenvalue weighted by molar-refractivity contribution is 5.90. The molecule has 0 aliphatic rings. The highest BCUT2D eigenvalue weighted by Gasteiger charge is 2.20. The third kappa shape index (κ3) is 4.71. The number of nitrogens with one attached hydrogen (secondary N) is 1. The zero-order chi connectivity index (χ0) is 19.9. The van der Waals surface area contributed by atoms with Crippen molar-refractivity contribution in [3.63, 3.8) is 0 Å². The molecule has 1 N–H and O–H groups in total. The van der Waals surface area contributed by atoms with Gasteiger partial charge in [-0.25, -0.2) is 4.79 Å². The summed E-state index contributed by atoms with van der Waals surface area (Å²) in [6.07, 6.45) is 3.27. The summed E-state index contributed by atoms with van der Waals surface area (Å²) >= 11 is 0. The maximum atomic E-state index is 12.6. The van der Waals surface area contributed by atoms with E-state index in [2.05, 4.69) is 17.4 Å². The van der Waals surface area contributed by atoms with E-state index in [1.165, 1.54) is 12.7 Å². The summed E-state index contributed by atoms with van der Waals surface area (Å²) in [5.74, 6) is -0.0856. The van der Waals surface area contributed by atoms with Gasteiger partial charge in [0.05, 0.1) is 19.1 Å². The third-order valence-electron chi connectivity index (χ3n) is 4.57. The highest BCUT2D eigenvalue weighted by Crippen LogP contribution is 2.23. The fraction of sp³-hybridized carbons (Fsp3) is 0.273. The molecule has 3 aromatic rings. The molecule has 2 aromatic heterocycles. The molecule has 3 rings (SSSR count). The molecule has 0 saturated heterocycles. The Kier molecular flexibility index (Phi) is 6.32. The van der Waals surface area contributed by atoms with Crippen LogP contribution in [0.2, 0.25) is 0 Å². The second kappa shape index (κ2) is 9.08. The van der Waals surface area contributed by atoms with Gasteiger partial charge in [0.2, 0.25) is 5.91 Å². The number of hydrogen-bond acceptors (Lipinski definition) is 4. The van der Waals surface area contributed by atoms with Gasteiger partial charge in [-0.05, 0) is 49.6 Å². The SMILES string of the molecule is COC(=O)c1ccc(-c2ccco2)n1CC(=O)N[C@H](C)CCc1ccccc1. The normalized spacial score (nSPS) is 11.8. The van der Waals surface area contributed by atoms with Crippen molar-refractivity contribution in [2.45, 2.75) is 32.4 Å². The van der Waals surface area contributed by atoms with Gasteiger partial charge >= 0.3 is 5.97 Å². The third-order valence-corrected chi connectivity index (χ3v) is 4.57. The molecule has 1 aromatic carbocycles. The summed E-state index contributed by atoms with van der Waals surface area (Å²) in [5.41, 5.74) is 2.19. The van der Waals surface area contributed by atoms with Gasteiger partial charge in [0.25, 0.3) is 0 Å². The van der Waals surface area contributed by atoms with Crippen LogP contribution in [0.25, 0.3) is 11.5 Å². The number of nitrogens with zero attached hydrogens (tertiary/aromatic N) is 1. The molecule has 0 spiro atoms. The smallest absolute Gasteiger partial charge is 0.354 e. The first-order chi connectivity index (χ1) is 13.6. The second-order valence-electron chi connectivity index (χ2n) is 6.65. The summed E-state index contributed by atoms with van der Waals surface area (Å²) < 4.78 is 11.9. The van der Waals surface area contributed by atoms with Gasteiger partial charge < -0.3 is 19.0 Å². The van der Waals surface area contributed by atoms with Gasteiger partial charge in [0.15, 0.2) is 0 Å². The van der Waals surface area contributed by atoms with Crippen LogP contribution >= 0.6 is 0 Å². The van der Waals surface area contributed by atoms with E-state index in [0.717, 1.165) is 12.8 Å². The lowest BCUT2D eigenvalue weighted by Gasteiger charge is -2.16. The number of carbonyl (C=O) groups is 2. The number of esters is 1. The van der Waals surface area contributed by atoms with Gasteiger partial charge in [-0.3, -0.25) is 4.79 Å². The van der Waals surface area contributed by atoms with Crippen LogP contribution in [-0.4, -0.2) is 29.6 Å². The van der Waals surface area contributed by atoms with E-state index in [1.807, 2.05) is 25.1 Å². The lowest BCUT2D eigenvalue weighted by molar-refractivity contribution is -0.122. The second-order valence-corrected chi connectivity index (χ2v) is 6.65. The largest absolute Gasteiger partial charge is 0.464 e. The lowest BCUT2D eigenvalue weighted by atomic mass is 10.1. The van der Waals surface area contributed by atoms with Crippen molar-refractivity contribution in [1.29, 1.82) is 0 Å². The van der Waals surface area contributed by atoms with Crippen molar-refractivity contribution in [3.8, 4) is 11.5 Å². The number of aryl methyl sites for hydroxylation is 1. The zero-order valence-electron chi connectivity index (χ0n) is 16.1. The topological polar surface area (TPSA) is 73.5 Å². The van der Waals surface area contributed by atoms with Gasteiger partial charge in [-0.1, -0.05) is 30.3 Å². The fourth-order valence-corrected chi connectivity index (χ4v) is 3.12. The summed E-state index contributed by atoms with van der Waals surface area (Å²) in [6, 6.07) is 17.1. The van der Waals surface area contributed by atoms with E-state index in [9.17, 15) is 9.59 Å². The van der Waals surface area contributed by atoms with Gasteiger partial charge in [-0.2, -0.15) is 0 Å². The summed E-state index contributed by atoms with van der Waals surface area (Å²) in [7, 11) is 1.32. The molecule has 2 heterocycles. The molecular formula is C22H24N2O4. The molecule has 6 nitrogen and oxygen atoms in total. The Labute approximate surface area is 164 Å². The molecule has 0 unspecified atom stereocenters. The maximum absolute atomic E-state index is 12.6. The number of amides is 1. The minimum atomic E-state index is -0.497. The Bertz CT molecular complexity index is 913. The monoisotopic (exact) mass is 380 g/mol. The van der Waals surface area contributed by atoms with Crippen molar-refractivity contribution in [2.75, 3.05) is 7.11 Å². The van der Waals surface area contributed by atoms with E-state index >= 15 is 0 Å². The summed E-state index contributed by atoms with van der Waals surface area (Å²) in [6.45, 7) is 1.98. The van der Waals surface area contributed by atoms with Crippen LogP contribution in [-0.2, 0) is 22.5 Å². The minimum absolute atomic E-state index is 0.00312. The Balaban J connectivity index is 1.67. The van der Waals surface area contributed by atoms with Crippen molar-refractivity contribution in [3.05, 3.63) is 72.1 Å². The minimum Gasteiger partial charge on any atom is -0.464 e.